The third kappa shape index (κ3) is 3.77. The van der Waals surface area contributed by atoms with Crippen molar-refractivity contribution in [2.45, 2.75) is 18.9 Å². The van der Waals surface area contributed by atoms with Crippen LogP contribution in [0.2, 0.25) is 5.02 Å². The highest BCUT2D eigenvalue weighted by Gasteiger charge is 2.13. The maximum Gasteiger partial charge on any atom is 0.305 e. The molecule has 0 saturated heterocycles. The first-order valence-electron chi connectivity index (χ1n) is 4.74. The number of hydrogen-bond donors (Lipinski definition) is 1. The first kappa shape index (κ1) is 13.5. The summed E-state index contributed by atoms with van der Waals surface area (Å²) in [7, 11) is 1.33. The Labute approximate surface area is 107 Å². The Bertz CT molecular complexity index is 381. The highest BCUT2D eigenvalue weighted by Crippen LogP contribution is 2.28. The summed E-state index contributed by atoms with van der Waals surface area (Å²) in [4.78, 5) is 10.9. The van der Waals surface area contributed by atoms with E-state index in [0.29, 0.717) is 17.0 Å². The second-order valence-electron chi connectivity index (χ2n) is 3.30. The number of ether oxygens (including phenoxy) is 1. The van der Waals surface area contributed by atoms with Gasteiger partial charge in [-0.05, 0) is 24.1 Å². The number of aliphatic hydroxyl groups excluding tert-OH is 1. The highest BCUT2D eigenvalue weighted by atomic mass is 79.9. The molecule has 1 atom stereocenters. The Morgan fingerprint density at radius 3 is 2.88 bits per heavy atom. The maximum absolute atomic E-state index is 10.9. The van der Waals surface area contributed by atoms with E-state index in [1.807, 2.05) is 0 Å². The summed E-state index contributed by atoms with van der Waals surface area (Å²) < 4.78 is 5.24. The minimum atomic E-state index is -0.703. The largest absolute Gasteiger partial charge is 0.469 e. The third-order valence-corrected chi connectivity index (χ3v) is 3.09. The summed E-state index contributed by atoms with van der Waals surface area (Å²) >= 11 is 9.10. The number of esters is 1. The number of carbonyl (C=O) groups is 1. The van der Waals surface area contributed by atoms with Crippen molar-refractivity contribution in [2.24, 2.45) is 0 Å². The molecule has 1 aromatic carbocycles. The molecule has 1 rings (SSSR count). The highest BCUT2D eigenvalue weighted by molar-refractivity contribution is 9.10. The van der Waals surface area contributed by atoms with Crippen LogP contribution in [0.15, 0.2) is 22.7 Å². The van der Waals surface area contributed by atoms with Gasteiger partial charge in [-0.3, -0.25) is 4.79 Å². The zero-order valence-corrected chi connectivity index (χ0v) is 11.1. The first-order chi connectivity index (χ1) is 7.54. The molecule has 0 bridgehead atoms. The van der Waals surface area contributed by atoms with Crippen LogP contribution in [0, 0.1) is 0 Å². The molecule has 1 aromatic rings. The van der Waals surface area contributed by atoms with Crippen molar-refractivity contribution in [1.29, 1.82) is 0 Å². The van der Waals surface area contributed by atoms with Crippen LogP contribution in [0.5, 0.6) is 0 Å². The zero-order chi connectivity index (χ0) is 12.1. The Morgan fingerprint density at radius 2 is 2.31 bits per heavy atom. The molecule has 0 amide bonds. The number of halogens is 2. The molecule has 1 unspecified atom stereocenters. The standard InChI is InChI=1S/C11H12BrClO3/c1-16-11(15)5-4-10(14)8-3-2-7(13)6-9(8)12/h2-3,6,10,14H,4-5H2,1H3. The number of carbonyl (C=O) groups excluding carboxylic acids is 1. The van der Waals surface area contributed by atoms with Gasteiger partial charge in [0.15, 0.2) is 0 Å². The van der Waals surface area contributed by atoms with Gasteiger partial charge in [0, 0.05) is 15.9 Å². The van der Waals surface area contributed by atoms with Gasteiger partial charge in [-0.25, -0.2) is 0 Å². The molecule has 0 aliphatic rings. The van der Waals surface area contributed by atoms with Crippen LogP contribution in [0.4, 0.5) is 0 Å². The van der Waals surface area contributed by atoms with E-state index in [2.05, 4.69) is 20.7 Å². The molecular formula is C11H12BrClO3. The van der Waals surface area contributed by atoms with Crippen molar-refractivity contribution in [3.05, 3.63) is 33.3 Å². The normalized spacial score (nSPS) is 12.2. The van der Waals surface area contributed by atoms with Gasteiger partial charge in [0.05, 0.1) is 13.2 Å². The van der Waals surface area contributed by atoms with Crippen LogP contribution in [-0.4, -0.2) is 18.2 Å². The average Bonchev–Trinajstić information content (AvgIpc) is 2.25. The summed E-state index contributed by atoms with van der Waals surface area (Å²) in [6.45, 7) is 0. The minimum absolute atomic E-state index is 0.187. The molecule has 0 spiro atoms. The van der Waals surface area contributed by atoms with Gasteiger partial charge >= 0.3 is 5.97 Å². The molecule has 16 heavy (non-hydrogen) atoms. The van der Waals surface area contributed by atoms with E-state index < -0.39 is 6.10 Å². The van der Waals surface area contributed by atoms with E-state index in [0.717, 1.165) is 4.47 Å². The maximum atomic E-state index is 10.9. The monoisotopic (exact) mass is 306 g/mol. The van der Waals surface area contributed by atoms with E-state index in [1.54, 1.807) is 18.2 Å². The molecule has 0 saturated carbocycles. The number of methoxy groups -OCH3 is 1. The van der Waals surface area contributed by atoms with Crippen molar-refractivity contribution in [1.82, 2.24) is 0 Å². The van der Waals surface area contributed by atoms with E-state index >= 15 is 0 Å². The number of hydrogen-bond acceptors (Lipinski definition) is 3. The van der Waals surface area contributed by atoms with Crippen LogP contribution < -0.4 is 0 Å². The van der Waals surface area contributed by atoms with Crippen LogP contribution in [0.3, 0.4) is 0 Å². The fraction of sp³-hybridized carbons (Fsp3) is 0.364. The molecule has 0 fully saturated rings. The van der Waals surface area contributed by atoms with Gasteiger partial charge in [0.1, 0.15) is 0 Å². The summed E-state index contributed by atoms with van der Waals surface area (Å²) in [5.74, 6) is -0.330. The van der Waals surface area contributed by atoms with E-state index in [9.17, 15) is 9.90 Å². The van der Waals surface area contributed by atoms with Crippen LogP contribution in [0.1, 0.15) is 24.5 Å². The fourth-order valence-corrected chi connectivity index (χ4v) is 2.23. The molecule has 0 aliphatic carbocycles. The Balaban J connectivity index is 2.65. The molecule has 0 radical (unpaired) electrons. The Hall–Kier alpha value is -0.580. The molecule has 3 nitrogen and oxygen atoms in total. The summed E-state index contributed by atoms with van der Waals surface area (Å²) in [6.07, 6.45) is -0.189. The zero-order valence-electron chi connectivity index (χ0n) is 8.74. The topological polar surface area (TPSA) is 46.5 Å². The number of rotatable bonds is 4. The van der Waals surface area contributed by atoms with Gasteiger partial charge < -0.3 is 9.84 Å². The van der Waals surface area contributed by atoms with E-state index in [4.69, 9.17) is 11.6 Å². The predicted molar refractivity (Wildman–Crippen MR) is 65.4 cm³/mol. The Morgan fingerprint density at radius 1 is 1.62 bits per heavy atom. The lowest BCUT2D eigenvalue weighted by molar-refractivity contribution is -0.141. The Kier molecular flexibility index (Phi) is 5.25. The first-order valence-corrected chi connectivity index (χ1v) is 5.91. The van der Waals surface area contributed by atoms with Crippen molar-refractivity contribution in [3.63, 3.8) is 0 Å². The number of benzene rings is 1. The molecular weight excluding hydrogens is 295 g/mol. The smallest absolute Gasteiger partial charge is 0.305 e. The molecule has 1 N–H and O–H groups in total. The lowest BCUT2D eigenvalue weighted by Gasteiger charge is -2.12. The van der Waals surface area contributed by atoms with E-state index in [1.165, 1.54) is 7.11 Å². The summed E-state index contributed by atoms with van der Waals surface area (Å²) in [5.41, 5.74) is 0.716. The van der Waals surface area contributed by atoms with Gasteiger partial charge in [0.2, 0.25) is 0 Å². The van der Waals surface area contributed by atoms with Crippen molar-refractivity contribution in [3.8, 4) is 0 Å². The van der Waals surface area contributed by atoms with Crippen LogP contribution in [0.25, 0.3) is 0 Å². The molecule has 0 heterocycles. The second-order valence-corrected chi connectivity index (χ2v) is 4.59. The predicted octanol–water partition coefficient (Wildman–Crippen LogP) is 3.09. The lowest BCUT2D eigenvalue weighted by Crippen LogP contribution is -2.05. The van der Waals surface area contributed by atoms with Gasteiger partial charge in [-0.1, -0.05) is 33.6 Å². The minimum Gasteiger partial charge on any atom is -0.469 e. The third-order valence-electron chi connectivity index (χ3n) is 2.17. The SMILES string of the molecule is COC(=O)CCC(O)c1ccc(Cl)cc1Br. The van der Waals surface area contributed by atoms with Crippen molar-refractivity contribution < 1.29 is 14.6 Å². The number of aliphatic hydroxyl groups is 1. The van der Waals surface area contributed by atoms with Gasteiger partial charge in [-0.15, -0.1) is 0 Å². The lowest BCUT2D eigenvalue weighted by atomic mass is 10.1. The summed E-state index contributed by atoms with van der Waals surface area (Å²) in [6, 6.07) is 5.13. The van der Waals surface area contributed by atoms with Crippen molar-refractivity contribution >= 4 is 33.5 Å². The van der Waals surface area contributed by atoms with Crippen LogP contribution in [-0.2, 0) is 9.53 Å². The van der Waals surface area contributed by atoms with Gasteiger partial charge in [0.25, 0.3) is 0 Å². The molecule has 0 aromatic heterocycles. The van der Waals surface area contributed by atoms with Gasteiger partial charge in [-0.2, -0.15) is 0 Å². The second kappa shape index (κ2) is 6.23. The summed E-state index contributed by atoms with van der Waals surface area (Å²) in [5, 5.41) is 10.4. The quantitative estimate of drug-likeness (QED) is 0.870. The molecule has 88 valence electrons. The molecule has 5 heteroatoms. The van der Waals surface area contributed by atoms with Crippen LogP contribution >= 0.6 is 27.5 Å². The average molecular weight is 308 g/mol. The van der Waals surface area contributed by atoms with Crippen molar-refractivity contribution in [2.75, 3.05) is 7.11 Å². The van der Waals surface area contributed by atoms with E-state index in [-0.39, 0.29) is 12.4 Å². The molecule has 0 aliphatic heterocycles. The fourth-order valence-electron chi connectivity index (χ4n) is 1.28.